The van der Waals surface area contributed by atoms with Crippen LogP contribution in [0.3, 0.4) is 0 Å². The number of morpholine rings is 1. The van der Waals surface area contributed by atoms with Crippen LogP contribution in [0, 0.1) is 6.92 Å². The number of nitrogens with zero attached hydrogens (tertiary/aromatic N) is 2. The van der Waals surface area contributed by atoms with E-state index < -0.39 is 10.0 Å². The highest BCUT2D eigenvalue weighted by Crippen LogP contribution is 2.23. The van der Waals surface area contributed by atoms with Crippen LogP contribution in [0.15, 0.2) is 23.1 Å². The highest BCUT2D eigenvalue weighted by atomic mass is 32.2. The summed E-state index contributed by atoms with van der Waals surface area (Å²) in [4.78, 5) is 14.7. The third kappa shape index (κ3) is 4.04. The van der Waals surface area contributed by atoms with Crippen molar-refractivity contribution in [2.45, 2.75) is 37.5 Å². The largest absolute Gasteiger partial charge is 0.378 e. The van der Waals surface area contributed by atoms with E-state index in [0.717, 1.165) is 31.2 Å². The monoisotopic (exact) mass is 366 g/mol. The predicted octanol–water partition coefficient (Wildman–Crippen LogP) is 2.03. The summed E-state index contributed by atoms with van der Waals surface area (Å²) in [5.74, 6) is -0.117. The highest BCUT2D eigenvalue weighted by molar-refractivity contribution is 7.89. The van der Waals surface area contributed by atoms with E-state index >= 15 is 0 Å². The lowest BCUT2D eigenvalue weighted by molar-refractivity contribution is 0.0302. The molecule has 7 heteroatoms. The molecule has 6 nitrogen and oxygen atoms in total. The van der Waals surface area contributed by atoms with Crippen molar-refractivity contribution in [3.63, 3.8) is 0 Å². The van der Waals surface area contributed by atoms with Gasteiger partial charge in [-0.2, -0.15) is 4.31 Å². The van der Waals surface area contributed by atoms with Crippen LogP contribution in [0.1, 0.15) is 41.6 Å². The average molecular weight is 366 g/mol. The van der Waals surface area contributed by atoms with Crippen molar-refractivity contribution in [3.05, 3.63) is 29.3 Å². The second-order valence-electron chi connectivity index (χ2n) is 6.70. The van der Waals surface area contributed by atoms with Gasteiger partial charge in [-0.25, -0.2) is 8.42 Å². The molecule has 3 rings (SSSR count). The summed E-state index contributed by atoms with van der Waals surface area (Å²) < 4.78 is 32.8. The fourth-order valence-corrected chi connectivity index (χ4v) is 4.90. The lowest BCUT2D eigenvalue weighted by Crippen LogP contribution is -2.41. The molecule has 0 N–H and O–H groups in total. The molecule has 0 aliphatic carbocycles. The van der Waals surface area contributed by atoms with Crippen LogP contribution in [0.5, 0.6) is 0 Å². The van der Waals surface area contributed by atoms with E-state index in [9.17, 15) is 13.2 Å². The summed E-state index contributed by atoms with van der Waals surface area (Å²) in [5.41, 5.74) is 1.27. The van der Waals surface area contributed by atoms with Gasteiger partial charge in [-0.3, -0.25) is 4.79 Å². The van der Waals surface area contributed by atoms with Gasteiger partial charge in [0.2, 0.25) is 10.0 Å². The first-order valence-corrected chi connectivity index (χ1v) is 10.4. The van der Waals surface area contributed by atoms with Crippen molar-refractivity contribution in [2.24, 2.45) is 0 Å². The third-order valence-electron chi connectivity index (χ3n) is 4.94. The zero-order chi connectivity index (χ0) is 17.9. The van der Waals surface area contributed by atoms with Crippen molar-refractivity contribution in [3.8, 4) is 0 Å². The Labute approximate surface area is 149 Å². The minimum absolute atomic E-state index is 0.117. The quantitative estimate of drug-likeness (QED) is 0.821. The number of rotatable bonds is 3. The maximum absolute atomic E-state index is 13.0. The molecule has 0 atom stereocenters. The minimum atomic E-state index is -3.55. The number of ether oxygens (including phenoxy) is 1. The van der Waals surface area contributed by atoms with Gasteiger partial charge >= 0.3 is 0 Å². The second kappa shape index (κ2) is 7.85. The summed E-state index contributed by atoms with van der Waals surface area (Å²) in [6.45, 7) is 5.10. The molecule has 1 aromatic rings. The maximum Gasteiger partial charge on any atom is 0.254 e. The molecule has 2 saturated heterocycles. The van der Waals surface area contributed by atoms with Crippen LogP contribution >= 0.6 is 0 Å². The van der Waals surface area contributed by atoms with Gasteiger partial charge in [-0.1, -0.05) is 18.9 Å². The van der Waals surface area contributed by atoms with Gasteiger partial charge in [0.25, 0.3) is 5.91 Å². The first-order valence-electron chi connectivity index (χ1n) is 8.98. The molecule has 0 bridgehead atoms. The molecule has 0 unspecified atom stereocenters. The summed E-state index contributed by atoms with van der Waals surface area (Å²) in [5, 5.41) is 0. The first-order chi connectivity index (χ1) is 12.0. The number of benzene rings is 1. The summed E-state index contributed by atoms with van der Waals surface area (Å²) in [6.07, 6.45) is 3.93. The molecule has 0 spiro atoms. The molecule has 1 aromatic carbocycles. The first kappa shape index (κ1) is 18.4. The normalized spacial score (nSPS) is 20.3. The Hall–Kier alpha value is -1.44. The topological polar surface area (TPSA) is 66.9 Å². The van der Waals surface area contributed by atoms with Crippen LogP contribution < -0.4 is 0 Å². The number of carbonyl (C=O) groups excluding carboxylic acids is 1. The van der Waals surface area contributed by atoms with E-state index in [4.69, 9.17) is 4.74 Å². The van der Waals surface area contributed by atoms with Crippen molar-refractivity contribution in [2.75, 3.05) is 39.4 Å². The molecule has 1 amide bonds. The molecular weight excluding hydrogens is 340 g/mol. The average Bonchev–Trinajstić information content (AvgIpc) is 2.92. The molecule has 25 heavy (non-hydrogen) atoms. The summed E-state index contributed by atoms with van der Waals surface area (Å²) >= 11 is 0. The van der Waals surface area contributed by atoms with Crippen molar-refractivity contribution in [1.82, 2.24) is 9.21 Å². The van der Waals surface area contributed by atoms with Gasteiger partial charge in [-0.05, 0) is 37.5 Å². The predicted molar refractivity (Wildman–Crippen MR) is 95.1 cm³/mol. The Morgan fingerprint density at radius 1 is 1.00 bits per heavy atom. The zero-order valence-corrected chi connectivity index (χ0v) is 15.6. The van der Waals surface area contributed by atoms with Gasteiger partial charge in [-0.15, -0.1) is 0 Å². The van der Waals surface area contributed by atoms with Crippen LogP contribution in [0.25, 0.3) is 0 Å². The van der Waals surface area contributed by atoms with Gasteiger partial charge in [0.05, 0.1) is 18.1 Å². The summed E-state index contributed by atoms with van der Waals surface area (Å²) in [6, 6.07) is 4.90. The van der Waals surface area contributed by atoms with E-state index in [0.29, 0.717) is 45.0 Å². The molecule has 0 aromatic heterocycles. The fraction of sp³-hybridized carbons (Fsp3) is 0.611. The Morgan fingerprint density at radius 2 is 1.64 bits per heavy atom. The smallest absolute Gasteiger partial charge is 0.254 e. The lowest BCUT2D eigenvalue weighted by atomic mass is 10.1. The number of hydrogen-bond acceptors (Lipinski definition) is 4. The number of amides is 1. The van der Waals surface area contributed by atoms with Gasteiger partial charge in [0.15, 0.2) is 0 Å². The molecule has 2 heterocycles. The van der Waals surface area contributed by atoms with Crippen LogP contribution in [-0.2, 0) is 14.8 Å². The van der Waals surface area contributed by atoms with E-state index in [1.165, 1.54) is 0 Å². The highest BCUT2D eigenvalue weighted by Gasteiger charge is 2.27. The maximum atomic E-state index is 13.0. The zero-order valence-electron chi connectivity index (χ0n) is 14.7. The molecule has 2 fully saturated rings. The third-order valence-corrected chi connectivity index (χ3v) is 6.84. The molecule has 0 radical (unpaired) electrons. The SMILES string of the molecule is Cc1ccc(S(=O)(=O)N2CCCCCC2)cc1C(=O)N1CCOCC1. The van der Waals surface area contributed by atoms with Crippen molar-refractivity contribution in [1.29, 1.82) is 0 Å². The number of sulfonamides is 1. The van der Waals surface area contributed by atoms with E-state index in [1.54, 1.807) is 27.4 Å². The number of hydrogen-bond donors (Lipinski definition) is 0. The van der Waals surface area contributed by atoms with Crippen LogP contribution in [-0.4, -0.2) is 62.9 Å². The minimum Gasteiger partial charge on any atom is -0.378 e. The lowest BCUT2D eigenvalue weighted by Gasteiger charge is -2.27. The van der Waals surface area contributed by atoms with Crippen LogP contribution in [0.2, 0.25) is 0 Å². The molecule has 0 saturated carbocycles. The van der Waals surface area contributed by atoms with E-state index in [-0.39, 0.29) is 10.8 Å². The Balaban J connectivity index is 1.88. The Bertz CT molecular complexity index is 719. The van der Waals surface area contributed by atoms with E-state index in [1.807, 2.05) is 6.92 Å². The van der Waals surface area contributed by atoms with Crippen molar-refractivity contribution < 1.29 is 17.9 Å². The molecule has 2 aliphatic rings. The molecule has 2 aliphatic heterocycles. The van der Waals surface area contributed by atoms with Gasteiger partial charge in [0, 0.05) is 31.7 Å². The van der Waals surface area contributed by atoms with Crippen molar-refractivity contribution >= 4 is 15.9 Å². The van der Waals surface area contributed by atoms with Crippen LogP contribution in [0.4, 0.5) is 0 Å². The van der Waals surface area contributed by atoms with E-state index in [2.05, 4.69) is 0 Å². The second-order valence-corrected chi connectivity index (χ2v) is 8.64. The Morgan fingerprint density at radius 3 is 2.28 bits per heavy atom. The fourth-order valence-electron chi connectivity index (χ4n) is 3.36. The molecule has 138 valence electrons. The van der Waals surface area contributed by atoms with Gasteiger partial charge in [0.1, 0.15) is 0 Å². The summed E-state index contributed by atoms with van der Waals surface area (Å²) in [7, 11) is -3.55. The number of aryl methyl sites for hydroxylation is 1. The van der Waals surface area contributed by atoms with Gasteiger partial charge < -0.3 is 9.64 Å². The standard InChI is InChI=1S/C18H26N2O4S/c1-15-6-7-16(25(22,23)20-8-4-2-3-5-9-20)14-17(15)18(21)19-10-12-24-13-11-19/h6-7,14H,2-5,8-13H2,1H3. The number of carbonyl (C=O) groups is 1. The Kier molecular flexibility index (Phi) is 5.76. The molecular formula is C18H26N2O4S.